The van der Waals surface area contributed by atoms with Crippen molar-refractivity contribution in [3.8, 4) is 11.5 Å². The maximum Gasteiger partial charge on any atom is 0.335 e. The first-order valence-electron chi connectivity index (χ1n) is 12.4. The number of carbonyl (C=O) groups is 1. The van der Waals surface area contributed by atoms with Crippen molar-refractivity contribution in [2.75, 3.05) is 13.7 Å². The van der Waals surface area contributed by atoms with Crippen molar-refractivity contribution in [2.45, 2.75) is 56.2 Å². The van der Waals surface area contributed by atoms with Crippen LogP contribution in [0, 0.1) is 0 Å². The van der Waals surface area contributed by atoms with Gasteiger partial charge in [-0.15, -0.1) is 0 Å². The number of aromatic amines is 1. The Morgan fingerprint density at radius 1 is 1.05 bits per heavy atom. The summed E-state index contributed by atoms with van der Waals surface area (Å²) < 4.78 is 16.0. The number of hydrogen-bond donors (Lipinski definition) is 7. The van der Waals surface area contributed by atoms with Gasteiger partial charge in [0.15, 0.2) is 6.10 Å². The monoisotopic (exact) mass is 544 g/mol. The number of ether oxygens (including phenoxy) is 3. The van der Waals surface area contributed by atoms with Crippen molar-refractivity contribution in [3.63, 3.8) is 0 Å². The molecule has 39 heavy (non-hydrogen) atoms. The largest absolute Gasteiger partial charge is 0.497 e. The van der Waals surface area contributed by atoms with Crippen LogP contribution >= 0.6 is 0 Å². The van der Waals surface area contributed by atoms with Gasteiger partial charge in [0.05, 0.1) is 18.7 Å². The zero-order valence-corrected chi connectivity index (χ0v) is 21.4. The Morgan fingerprint density at radius 3 is 2.44 bits per heavy atom. The fourth-order valence-electron chi connectivity index (χ4n) is 4.52. The molecule has 2 aromatic carbocycles. The third-order valence-electron chi connectivity index (χ3n) is 6.67. The average molecular weight is 545 g/mol. The van der Waals surface area contributed by atoms with E-state index < -0.39 is 48.3 Å². The summed E-state index contributed by atoms with van der Waals surface area (Å²) in [4.78, 5) is 26.2. The molecule has 0 unspecified atom stereocenters. The van der Waals surface area contributed by atoms with E-state index in [2.05, 4.69) is 10.3 Å². The van der Waals surface area contributed by atoms with Crippen LogP contribution in [0.25, 0.3) is 10.9 Å². The number of aliphatic carboxylic acids is 1. The molecule has 7 N–H and O–H groups in total. The van der Waals surface area contributed by atoms with Gasteiger partial charge in [-0.25, -0.2) is 4.79 Å². The molecule has 0 spiro atoms. The van der Waals surface area contributed by atoms with Crippen molar-refractivity contribution in [3.05, 3.63) is 70.0 Å². The molecule has 0 radical (unpaired) electrons. The number of methoxy groups -OCH3 is 1. The summed E-state index contributed by atoms with van der Waals surface area (Å²) in [6.07, 6.45) is -9.23. The lowest BCUT2D eigenvalue weighted by atomic mass is 9.99. The first-order valence-corrected chi connectivity index (χ1v) is 12.4. The molecule has 1 aliphatic rings. The van der Waals surface area contributed by atoms with Crippen LogP contribution in [-0.2, 0) is 16.0 Å². The molecule has 3 aromatic rings. The van der Waals surface area contributed by atoms with E-state index in [0.717, 1.165) is 17.7 Å². The van der Waals surface area contributed by atoms with Crippen LogP contribution in [0.15, 0.2) is 53.3 Å². The predicted molar refractivity (Wildman–Crippen MR) is 139 cm³/mol. The highest BCUT2D eigenvalue weighted by Crippen LogP contribution is 2.32. The minimum Gasteiger partial charge on any atom is -0.497 e. The smallest absolute Gasteiger partial charge is 0.335 e. The van der Waals surface area contributed by atoms with Crippen LogP contribution in [-0.4, -0.2) is 86.9 Å². The maximum atomic E-state index is 12.1. The van der Waals surface area contributed by atoms with E-state index in [1.165, 1.54) is 18.2 Å². The number of benzene rings is 2. The number of fused-ring (bicyclic) bond motifs is 1. The van der Waals surface area contributed by atoms with Gasteiger partial charge in [-0.3, -0.25) is 4.79 Å². The highest BCUT2D eigenvalue weighted by Gasteiger charge is 2.48. The molecule has 2 heterocycles. The van der Waals surface area contributed by atoms with Crippen LogP contribution in [0.5, 0.6) is 11.5 Å². The molecule has 1 saturated heterocycles. The van der Waals surface area contributed by atoms with E-state index in [9.17, 15) is 35.1 Å². The average Bonchev–Trinajstić information content (AvgIpc) is 2.92. The molecule has 0 amide bonds. The van der Waals surface area contributed by atoms with Gasteiger partial charge in [-0.2, -0.15) is 0 Å². The third-order valence-corrected chi connectivity index (χ3v) is 6.67. The Morgan fingerprint density at radius 2 is 1.77 bits per heavy atom. The Hall–Kier alpha value is -3.52. The highest BCUT2D eigenvalue weighted by molar-refractivity contribution is 5.87. The molecule has 12 nitrogen and oxygen atoms in total. The zero-order valence-electron chi connectivity index (χ0n) is 21.4. The summed E-state index contributed by atoms with van der Waals surface area (Å²) >= 11 is 0. The predicted octanol–water partition coefficient (Wildman–Crippen LogP) is 0.0619. The normalized spacial score (nSPS) is 24.7. The number of rotatable bonds is 10. The number of carboxylic acid groups (broad SMARTS) is 1. The Balaban J connectivity index is 1.51. The minimum atomic E-state index is -1.87. The Kier molecular flexibility index (Phi) is 8.85. The first kappa shape index (κ1) is 28.5. The molecule has 12 heteroatoms. The van der Waals surface area contributed by atoms with Crippen LogP contribution in [0.1, 0.15) is 24.2 Å². The third kappa shape index (κ3) is 6.38. The maximum absolute atomic E-state index is 12.1. The van der Waals surface area contributed by atoms with Gasteiger partial charge in [0.25, 0.3) is 0 Å². The van der Waals surface area contributed by atoms with Gasteiger partial charge in [0, 0.05) is 24.0 Å². The second kappa shape index (κ2) is 12.1. The van der Waals surface area contributed by atoms with E-state index >= 15 is 0 Å². The van der Waals surface area contributed by atoms with Crippen LogP contribution in [0.4, 0.5) is 0 Å². The van der Waals surface area contributed by atoms with Crippen molar-refractivity contribution >= 4 is 16.9 Å². The van der Waals surface area contributed by atoms with Crippen LogP contribution in [0.2, 0.25) is 0 Å². The number of aliphatic hydroxyl groups excluding tert-OH is 4. The molecule has 210 valence electrons. The summed E-state index contributed by atoms with van der Waals surface area (Å²) in [7, 11) is 1.61. The number of H-pyrrole nitrogens is 1. The summed E-state index contributed by atoms with van der Waals surface area (Å²) in [5.41, 5.74) is 1.30. The van der Waals surface area contributed by atoms with Crippen molar-refractivity contribution in [1.29, 1.82) is 0 Å². The van der Waals surface area contributed by atoms with Gasteiger partial charge < -0.3 is 50.0 Å². The lowest BCUT2D eigenvalue weighted by molar-refractivity contribution is -0.270. The summed E-state index contributed by atoms with van der Waals surface area (Å²) in [6, 6.07) is 13.6. The molecule has 0 saturated carbocycles. The quantitative estimate of drug-likeness (QED) is 0.183. The van der Waals surface area contributed by atoms with Gasteiger partial charge in [0.2, 0.25) is 11.8 Å². The molecule has 1 aromatic heterocycles. The first-order chi connectivity index (χ1) is 18.6. The van der Waals surface area contributed by atoms with E-state index in [1.54, 1.807) is 13.2 Å². The molecule has 0 aliphatic carbocycles. The summed E-state index contributed by atoms with van der Waals surface area (Å²) in [5, 5.41) is 54.3. The van der Waals surface area contributed by atoms with Crippen LogP contribution < -0.4 is 20.3 Å². The molecule has 1 aliphatic heterocycles. The molecule has 7 atom stereocenters. The standard InChI is InChI=1S/C27H32N2O10/c1-13(11-14-3-5-15(37-2)6-4-14)28-12-18(30)16-7-9-19(21-17(16)8-10-20(31)29-21)38-27-24(34)22(32)23(33)25(39-27)26(35)36/h3-10,13,18,22-25,27-28,30,32-34H,11-12H2,1-2H3,(H,29,31)(H,35,36)/t13-,18+,22+,23+,24-,25+,27-/m1/s1. The lowest BCUT2D eigenvalue weighted by Gasteiger charge is -2.38. The number of carboxylic acids is 1. The van der Waals surface area contributed by atoms with Gasteiger partial charge >= 0.3 is 5.97 Å². The van der Waals surface area contributed by atoms with Crippen molar-refractivity contribution in [2.24, 2.45) is 0 Å². The van der Waals surface area contributed by atoms with Gasteiger partial charge in [-0.05, 0) is 48.7 Å². The van der Waals surface area contributed by atoms with E-state index in [-0.39, 0.29) is 23.9 Å². The fourth-order valence-corrected chi connectivity index (χ4v) is 4.52. The Labute approximate surface area is 223 Å². The van der Waals surface area contributed by atoms with E-state index in [1.807, 2.05) is 31.2 Å². The molecule has 0 bridgehead atoms. The lowest BCUT2D eigenvalue weighted by Crippen LogP contribution is -2.61. The second-order valence-electron chi connectivity index (χ2n) is 9.49. The number of hydrogen-bond acceptors (Lipinski definition) is 10. The Bertz CT molecular complexity index is 1340. The van der Waals surface area contributed by atoms with Gasteiger partial charge in [-0.1, -0.05) is 18.2 Å². The molecule has 1 fully saturated rings. The topological polar surface area (TPSA) is 191 Å². The minimum absolute atomic E-state index is 0.0104. The second-order valence-corrected chi connectivity index (χ2v) is 9.49. The van der Waals surface area contributed by atoms with Gasteiger partial charge in [0.1, 0.15) is 29.8 Å². The van der Waals surface area contributed by atoms with Crippen molar-refractivity contribution in [1.82, 2.24) is 10.3 Å². The summed E-state index contributed by atoms with van der Waals surface area (Å²) in [6.45, 7) is 2.20. The van der Waals surface area contributed by atoms with Crippen LogP contribution in [0.3, 0.4) is 0 Å². The van der Waals surface area contributed by atoms with Crippen molar-refractivity contribution < 1.29 is 44.5 Å². The van der Waals surface area contributed by atoms with E-state index in [0.29, 0.717) is 10.9 Å². The molecular weight excluding hydrogens is 512 g/mol. The number of pyridine rings is 1. The molecule has 4 rings (SSSR count). The summed E-state index contributed by atoms with van der Waals surface area (Å²) in [5.74, 6) is -0.768. The highest BCUT2D eigenvalue weighted by atomic mass is 16.7. The fraction of sp³-hybridized carbons (Fsp3) is 0.407. The molecular formula is C27H32N2O10. The SMILES string of the molecule is COc1ccc(C[C@@H](C)NC[C@H](O)c2ccc(O[C@@H]3O[C@H](C(=O)O)[C@@H](O)[C@H](O)[C@H]3O)c3[nH]c(=O)ccc23)cc1. The number of nitrogens with one attached hydrogen (secondary N) is 2. The zero-order chi connectivity index (χ0) is 28.3. The number of aromatic nitrogens is 1. The number of aliphatic hydroxyl groups is 4. The van der Waals surface area contributed by atoms with E-state index in [4.69, 9.17) is 14.2 Å².